The van der Waals surface area contributed by atoms with Gasteiger partial charge in [-0.05, 0) is 22.9 Å². The van der Waals surface area contributed by atoms with E-state index in [-0.39, 0.29) is 11.9 Å². The largest absolute Gasteiger partial charge is 0.348 e. The number of amides is 1. The summed E-state index contributed by atoms with van der Waals surface area (Å²) in [7, 11) is 1.87. The summed E-state index contributed by atoms with van der Waals surface area (Å²) in [6.45, 7) is 2.50. The fourth-order valence-corrected chi connectivity index (χ4v) is 1.88. The van der Waals surface area contributed by atoms with Crippen LogP contribution in [0.5, 0.6) is 0 Å². The van der Waals surface area contributed by atoms with E-state index in [1.807, 2.05) is 20.0 Å². The van der Waals surface area contributed by atoms with Gasteiger partial charge in [0.05, 0.1) is 18.3 Å². The van der Waals surface area contributed by atoms with E-state index in [1.54, 1.807) is 10.9 Å². The molecule has 0 aliphatic heterocycles. The number of hydrogen-bond acceptors (Lipinski definition) is 5. The van der Waals surface area contributed by atoms with Crippen LogP contribution in [0.15, 0.2) is 18.6 Å². The topological polar surface area (TPSA) is 90.5 Å². The Morgan fingerprint density at radius 3 is 2.95 bits per heavy atom. The molecule has 1 atom stereocenters. The number of aryl methyl sites for hydroxylation is 2. The van der Waals surface area contributed by atoms with Crippen LogP contribution in [0.2, 0.25) is 0 Å². The maximum Gasteiger partial charge on any atom is 0.222 e. The molecule has 8 heteroatoms. The fraction of sp³-hybridized carbons (Fsp3) is 0.545. The van der Waals surface area contributed by atoms with Crippen LogP contribution in [0.1, 0.15) is 31.5 Å². The molecule has 1 amide bonds. The van der Waals surface area contributed by atoms with Crippen LogP contribution < -0.4 is 5.32 Å². The molecule has 0 fully saturated rings. The first-order chi connectivity index (χ1) is 9.20. The van der Waals surface area contributed by atoms with Gasteiger partial charge in [0.1, 0.15) is 6.33 Å². The average molecular weight is 263 g/mol. The molecule has 19 heavy (non-hydrogen) atoms. The maximum atomic E-state index is 11.9. The van der Waals surface area contributed by atoms with Gasteiger partial charge >= 0.3 is 0 Å². The van der Waals surface area contributed by atoms with Gasteiger partial charge in [0.25, 0.3) is 0 Å². The summed E-state index contributed by atoms with van der Waals surface area (Å²) in [5, 5.41) is 17.9. The van der Waals surface area contributed by atoms with Gasteiger partial charge in [-0.15, -0.1) is 5.10 Å². The molecule has 102 valence electrons. The van der Waals surface area contributed by atoms with E-state index < -0.39 is 0 Å². The van der Waals surface area contributed by atoms with Gasteiger partial charge in [-0.2, -0.15) is 5.10 Å². The van der Waals surface area contributed by atoms with Crippen molar-refractivity contribution in [2.75, 3.05) is 0 Å². The predicted molar refractivity (Wildman–Crippen MR) is 66.8 cm³/mol. The Morgan fingerprint density at radius 2 is 2.37 bits per heavy atom. The van der Waals surface area contributed by atoms with Crippen LogP contribution in [0.4, 0.5) is 0 Å². The van der Waals surface area contributed by atoms with E-state index in [9.17, 15) is 4.79 Å². The third kappa shape index (κ3) is 3.36. The standard InChI is InChI=1S/C11H17N7O/c1-3-9(10-4-6-13-17(10)2)14-11(19)5-7-18-8-12-15-16-18/h4,6,8-9H,3,5,7H2,1-2H3,(H,14,19). The number of hydrogen-bond donors (Lipinski definition) is 1. The second-order valence-corrected chi connectivity index (χ2v) is 4.23. The van der Waals surface area contributed by atoms with Crippen molar-refractivity contribution in [3.05, 3.63) is 24.3 Å². The second-order valence-electron chi connectivity index (χ2n) is 4.23. The van der Waals surface area contributed by atoms with Crippen LogP contribution in [-0.2, 0) is 18.4 Å². The Hall–Kier alpha value is -2.25. The van der Waals surface area contributed by atoms with Crippen LogP contribution in [0.3, 0.4) is 0 Å². The molecule has 8 nitrogen and oxygen atoms in total. The molecular formula is C11H17N7O. The maximum absolute atomic E-state index is 11.9. The molecule has 2 rings (SSSR count). The van der Waals surface area contributed by atoms with Crippen molar-refractivity contribution < 1.29 is 4.79 Å². The lowest BCUT2D eigenvalue weighted by Gasteiger charge is -2.17. The summed E-state index contributed by atoms with van der Waals surface area (Å²) in [4.78, 5) is 11.9. The van der Waals surface area contributed by atoms with E-state index >= 15 is 0 Å². The Kier molecular flexibility index (Phi) is 4.22. The van der Waals surface area contributed by atoms with E-state index in [1.165, 1.54) is 11.0 Å². The second kappa shape index (κ2) is 6.07. The summed E-state index contributed by atoms with van der Waals surface area (Å²) in [6.07, 6.45) is 4.38. The monoisotopic (exact) mass is 263 g/mol. The Morgan fingerprint density at radius 1 is 1.53 bits per heavy atom. The van der Waals surface area contributed by atoms with Gasteiger partial charge in [-0.1, -0.05) is 6.92 Å². The molecule has 2 heterocycles. The summed E-state index contributed by atoms with van der Waals surface area (Å²) in [6, 6.07) is 1.89. The van der Waals surface area contributed by atoms with Crippen molar-refractivity contribution in [2.45, 2.75) is 32.4 Å². The normalized spacial score (nSPS) is 12.3. The Balaban J connectivity index is 1.88. The molecule has 0 aliphatic rings. The van der Waals surface area contributed by atoms with Crippen LogP contribution in [0.25, 0.3) is 0 Å². The molecule has 1 unspecified atom stereocenters. The molecule has 0 saturated heterocycles. The van der Waals surface area contributed by atoms with Crippen LogP contribution in [0, 0.1) is 0 Å². The zero-order valence-corrected chi connectivity index (χ0v) is 11.0. The Bertz CT molecular complexity index is 519. The highest BCUT2D eigenvalue weighted by atomic mass is 16.1. The van der Waals surface area contributed by atoms with Gasteiger partial charge in [0.2, 0.25) is 5.91 Å². The first-order valence-corrected chi connectivity index (χ1v) is 6.18. The molecule has 0 spiro atoms. The van der Waals surface area contributed by atoms with E-state index in [0.29, 0.717) is 13.0 Å². The summed E-state index contributed by atoms with van der Waals surface area (Å²) in [5.74, 6) is -0.0245. The zero-order chi connectivity index (χ0) is 13.7. The first-order valence-electron chi connectivity index (χ1n) is 6.18. The van der Waals surface area contributed by atoms with Gasteiger partial charge in [0.15, 0.2) is 0 Å². The number of nitrogens with one attached hydrogen (secondary N) is 1. The lowest BCUT2D eigenvalue weighted by molar-refractivity contribution is -0.122. The minimum absolute atomic E-state index is 0.0196. The van der Waals surface area contributed by atoms with Gasteiger partial charge in [-0.3, -0.25) is 9.48 Å². The summed E-state index contributed by atoms with van der Waals surface area (Å²) < 4.78 is 3.31. The van der Waals surface area contributed by atoms with Crippen molar-refractivity contribution in [3.8, 4) is 0 Å². The van der Waals surface area contributed by atoms with Crippen molar-refractivity contribution in [3.63, 3.8) is 0 Å². The molecule has 2 aromatic rings. The highest BCUT2D eigenvalue weighted by Crippen LogP contribution is 2.15. The summed E-state index contributed by atoms with van der Waals surface area (Å²) >= 11 is 0. The Labute approximate surface area is 110 Å². The highest BCUT2D eigenvalue weighted by molar-refractivity contribution is 5.76. The van der Waals surface area contributed by atoms with E-state index in [2.05, 4.69) is 25.9 Å². The fourth-order valence-electron chi connectivity index (χ4n) is 1.88. The lowest BCUT2D eigenvalue weighted by Crippen LogP contribution is -2.30. The van der Waals surface area contributed by atoms with E-state index in [4.69, 9.17) is 0 Å². The molecule has 0 aromatic carbocycles. The van der Waals surface area contributed by atoms with Gasteiger partial charge in [-0.25, -0.2) is 4.68 Å². The zero-order valence-electron chi connectivity index (χ0n) is 11.0. The van der Waals surface area contributed by atoms with Gasteiger partial charge < -0.3 is 5.32 Å². The number of aromatic nitrogens is 6. The van der Waals surface area contributed by atoms with Crippen LogP contribution >= 0.6 is 0 Å². The van der Waals surface area contributed by atoms with Crippen molar-refractivity contribution in [1.29, 1.82) is 0 Å². The smallest absolute Gasteiger partial charge is 0.222 e. The molecule has 0 saturated carbocycles. The van der Waals surface area contributed by atoms with Crippen molar-refractivity contribution >= 4 is 5.91 Å². The predicted octanol–water partition coefficient (Wildman–Crippen LogP) is 0.0642. The highest BCUT2D eigenvalue weighted by Gasteiger charge is 2.15. The average Bonchev–Trinajstić information content (AvgIpc) is 3.05. The number of rotatable bonds is 6. The third-order valence-corrected chi connectivity index (χ3v) is 2.92. The minimum Gasteiger partial charge on any atom is -0.348 e. The SMILES string of the molecule is CCC(NC(=O)CCn1cnnn1)c1ccnn1C. The first kappa shape index (κ1) is 13.2. The van der Waals surface area contributed by atoms with Crippen molar-refractivity contribution in [1.82, 2.24) is 35.3 Å². The molecule has 2 aromatic heterocycles. The molecule has 0 radical (unpaired) electrons. The molecular weight excluding hydrogens is 246 g/mol. The molecule has 1 N–H and O–H groups in total. The minimum atomic E-state index is -0.0245. The number of carbonyl (C=O) groups excluding carboxylic acids is 1. The number of nitrogens with zero attached hydrogens (tertiary/aromatic N) is 6. The summed E-state index contributed by atoms with van der Waals surface area (Å²) in [5.41, 5.74) is 0.998. The lowest BCUT2D eigenvalue weighted by atomic mass is 10.1. The van der Waals surface area contributed by atoms with Crippen LogP contribution in [-0.4, -0.2) is 35.9 Å². The van der Waals surface area contributed by atoms with Crippen molar-refractivity contribution in [2.24, 2.45) is 7.05 Å². The number of carbonyl (C=O) groups is 1. The number of tetrazole rings is 1. The van der Waals surface area contributed by atoms with Gasteiger partial charge in [0, 0.05) is 19.7 Å². The van der Waals surface area contributed by atoms with E-state index in [0.717, 1.165) is 12.1 Å². The molecule has 0 bridgehead atoms. The molecule has 0 aliphatic carbocycles. The quantitative estimate of drug-likeness (QED) is 0.796. The third-order valence-electron chi connectivity index (χ3n) is 2.92.